The van der Waals surface area contributed by atoms with Crippen molar-refractivity contribution < 1.29 is 4.79 Å². The summed E-state index contributed by atoms with van der Waals surface area (Å²) in [6.07, 6.45) is 0. The van der Waals surface area contributed by atoms with E-state index in [-0.39, 0.29) is 18.0 Å². The number of carbonyl (C=O) groups excluding carboxylic acids is 1. The molecule has 0 fully saturated rings. The number of aryl methyl sites for hydroxylation is 1. The summed E-state index contributed by atoms with van der Waals surface area (Å²) in [5, 5.41) is 6.13. The van der Waals surface area contributed by atoms with E-state index >= 15 is 0 Å². The molecule has 106 valence electrons. The summed E-state index contributed by atoms with van der Waals surface area (Å²) < 4.78 is 0. The molecule has 0 heterocycles. The van der Waals surface area contributed by atoms with E-state index < -0.39 is 0 Å². The lowest BCUT2D eigenvalue weighted by Gasteiger charge is -2.20. The average Bonchev–Trinajstić information content (AvgIpc) is 2.30. The number of carbonyl (C=O) groups is 1. The topological polar surface area (TPSA) is 44.4 Å². The van der Waals surface area contributed by atoms with Crippen LogP contribution in [0.4, 0.5) is 11.4 Å². The number of anilines is 2. The van der Waals surface area contributed by atoms with Crippen LogP contribution in [0.1, 0.15) is 26.3 Å². The van der Waals surface area contributed by atoms with Crippen molar-refractivity contribution in [1.82, 2.24) is 5.32 Å². The minimum absolute atomic E-state index is 0.0157. The Morgan fingerprint density at radius 2 is 1.84 bits per heavy atom. The van der Waals surface area contributed by atoms with Crippen molar-refractivity contribution in [2.45, 2.75) is 39.8 Å². The zero-order chi connectivity index (χ0) is 14.6. The van der Waals surface area contributed by atoms with Gasteiger partial charge in [-0.1, -0.05) is 6.07 Å². The molecule has 1 unspecified atom stereocenters. The van der Waals surface area contributed by atoms with Crippen LogP contribution in [0.15, 0.2) is 18.2 Å². The molecule has 0 spiro atoms. The van der Waals surface area contributed by atoms with Crippen LogP contribution in [0, 0.1) is 6.92 Å². The lowest BCUT2D eigenvalue weighted by molar-refractivity contribution is -0.122. The lowest BCUT2D eigenvalue weighted by atomic mass is 10.1. The molecular weight excluding hydrogens is 238 g/mol. The predicted molar refractivity (Wildman–Crippen MR) is 81.9 cm³/mol. The van der Waals surface area contributed by atoms with Crippen molar-refractivity contribution in [2.75, 3.05) is 24.3 Å². The molecule has 1 amide bonds. The van der Waals surface area contributed by atoms with Gasteiger partial charge >= 0.3 is 0 Å². The SMILES string of the molecule is Cc1ccc(NC(C)C(=O)NC(C)C)cc1N(C)C. The van der Waals surface area contributed by atoms with Gasteiger partial charge in [-0.3, -0.25) is 4.79 Å². The number of nitrogens with one attached hydrogen (secondary N) is 2. The summed E-state index contributed by atoms with van der Waals surface area (Å²) in [7, 11) is 4.03. The van der Waals surface area contributed by atoms with Gasteiger partial charge in [-0.05, 0) is 45.4 Å². The molecule has 1 rings (SSSR count). The molecule has 1 aromatic rings. The van der Waals surface area contributed by atoms with Gasteiger partial charge in [-0.25, -0.2) is 0 Å². The van der Waals surface area contributed by atoms with Gasteiger partial charge in [0.1, 0.15) is 6.04 Å². The smallest absolute Gasteiger partial charge is 0.242 e. The summed E-state index contributed by atoms with van der Waals surface area (Å²) in [6.45, 7) is 7.86. The number of benzene rings is 1. The predicted octanol–water partition coefficient (Wildman–Crippen LogP) is 2.39. The van der Waals surface area contributed by atoms with E-state index in [1.165, 1.54) is 5.56 Å². The third-order valence-electron chi connectivity index (χ3n) is 2.90. The maximum atomic E-state index is 11.9. The molecular formula is C15H25N3O. The molecule has 0 aliphatic carbocycles. The van der Waals surface area contributed by atoms with E-state index in [2.05, 4.69) is 34.6 Å². The summed E-state index contributed by atoms with van der Waals surface area (Å²) in [6, 6.07) is 6.04. The van der Waals surface area contributed by atoms with Gasteiger partial charge in [0.15, 0.2) is 0 Å². The van der Waals surface area contributed by atoms with Gasteiger partial charge in [0.2, 0.25) is 5.91 Å². The van der Waals surface area contributed by atoms with Crippen LogP contribution in [0.25, 0.3) is 0 Å². The monoisotopic (exact) mass is 263 g/mol. The Balaban J connectivity index is 2.77. The highest BCUT2D eigenvalue weighted by molar-refractivity contribution is 5.84. The zero-order valence-electron chi connectivity index (χ0n) is 12.7. The fourth-order valence-corrected chi connectivity index (χ4v) is 1.91. The summed E-state index contributed by atoms with van der Waals surface area (Å²) in [5.74, 6) is 0.0157. The summed E-state index contributed by atoms with van der Waals surface area (Å²) in [4.78, 5) is 13.9. The molecule has 0 radical (unpaired) electrons. The molecule has 0 saturated heterocycles. The van der Waals surface area contributed by atoms with E-state index in [0.29, 0.717) is 0 Å². The highest BCUT2D eigenvalue weighted by atomic mass is 16.2. The number of amides is 1. The number of hydrogen-bond acceptors (Lipinski definition) is 3. The molecule has 0 saturated carbocycles. The van der Waals surface area contributed by atoms with Gasteiger partial charge in [0, 0.05) is 31.5 Å². The first-order valence-electron chi connectivity index (χ1n) is 6.66. The Morgan fingerprint density at radius 1 is 1.21 bits per heavy atom. The van der Waals surface area contributed by atoms with Crippen LogP contribution < -0.4 is 15.5 Å². The first kappa shape index (κ1) is 15.3. The summed E-state index contributed by atoms with van der Waals surface area (Å²) in [5.41, 5.74) is 3.33. The van der Waals surface area contributed by atoms with Crippen LogP contribution in [0.3, 0.4) is 0 Å². The Morgan fingerprint density at radius 3 is 2.37 bits per heavy atom. The average molecular weight is 263 g/mol. The first-order chi connectivity index (χ1) is 8.81. The molecule has 19 heavy (non-hydrogen) atoms. The second-order valence-electron chi connectivity index (χ2n) is 5.43. The quantitative estimate of drug-likeness (QED) is 0.857. The van der Waals surface area contributed by atoms with Gasteiger partial charge < -0.3 is 15.5 Å². The van der Waals surface area contributed by atoms with Crippen molar-refractivity contribution in [1.29, 1.82) is 0 Å². The Hall–Kier alpha value is -1.71. The lowest BCUT2D eigenvalue weighted by Crippen LogP contribution is -2.40. The van der Waals surface area contributed by atoms with Gasteiger partial charge in [0.05, 0.1) is 0 Å². The van der Waals surface area contributed by atoms with E-state index in [4.69, 9.17) is 0 Å². The van der Waals surface area contributed by atoms with Gasteiger partial charge in [-0.2, -0.15) is 0 Å². The summed E-state index contributed by atoms with van der Waals surface area (Å²) >= 11 is 0. The molecule has 1 aromatic carbocycles. The molecule has 1 atom stereocenters. The molecule has 4 heteroatoms. The van der Waals surface area contributed by atoms with Crippen molar-refractivity contribution in [3.8, 4) is 0 Å². The third-order valence-corrected chi connectivity index (χ3v) is 2.90. The van der Waals surface area contributed by atoms with Crippen LogP contribution in [-0.2, 0) is 4.79 Å². The van der Waals surface area contributed by atoms with E-state index in [9.17, 15) is 4.79 Å². The number of rotatable bonds is 5. The maximum Gasteiger partial charge on any atom is 0.242 e. The largest absolute Gasteiger partial charge is 0.377 e. The number of hydrogen-bond donors (Lipinski definition) is 2. The molecule has 0 aromatic heterocycles. The molecule has 0 aliphatic rings. The van der Waals surface area contributed by atoms with Gasteiger partial charge in [-0.15, -0.1) is 0 Å². The standard InChI is InChI=1S/C15H25N3O/c1-10(2)16-15(19)12(4)17-13-8-7-11(3)14(9-13)18(5)6/h7-10,12,17H,1-6H3,(H,16,19). The molecule has 0 aliphatic heterocycles. The van der Waals surface area contributed by atoms with E-state index in [0.717, 1.165) is 11.4 Å². The van der Waals surface area contributed by atoms with Crippen molar-refractivity contribution in [2.24, 2.45) is 0 Å². The Kier molecular flexibility index (Phi) is 5.21. The van der Waals surface area contributed by atoms with Crippen LogP contribution in [-0.4, -0.2) is 32.1 Å². The molecule has 0 bridgehead atoms. The molecule has 2 N–H and O–H groups in total. The van der Waals surface area contributed by atoms with Crippen molar-refractivity contribution in [3.63, 3.8) is 0 Å². The highest BCUT2D eigenvalue weighted by Gasteiger charge is 2.13. The van der Waals surface area contributed by atoms with Crippen LogP contribution >= 0.6 is 0 Å². The second-order valence-corrected chi connectivity index (χ2v) is 5.43. The van der Waals surface area contributed by atoms with Crippen molar-refractivity contribution in [3.05, 3.63) is 23.8 Å². The second kappa shape index (κ2) is 6.45. The Bertz CT molecular complexity index is 441. The van der Waals surface area contributed by atoms with E-state index in [1.807, 2.05) is 40.9 Å². The van der Waals surface area contributed by atoms with Crippen LogP contribution in [0.5, 0.6) is 0 Å². The zero-order valence-corrected chi connectivity index (χ0v) is 12.7. The normalized spacial score (nSPS) is 12.2. The first-order valence-corrected chi connectivity index (χ1v) is 6.66. The maximum absolute atomic E-state index is 11.9. The minimum Gasteiger partial charge on any atom is -0.377 e. The number of nitrogens with zero attached hydrogens (tertiary/aromatic N) is 1. The van der Waals surface area contributed by atoms with Crippen LogP contribution in [0.2, 0.25) is 0 Å². The third kappa shape index (κ3) is 4.47. The fourth-order valence-electron chi connectivity index (χ4n) is 1.91. The highest BCUT2D eigenvalue weighted by Crippen LogP contribution is 2.22. The van der Waals surface area contributed by atoms with Gasteiger partial charge in [0.25, 0.3) is 0 Å². The van der Waals surface area contributed by atoms with E-state index in [1.54, 1.807) is 0 Å². The molecule has 4 nitrogen and oxygen atoms in total. The minimum atomic E-state index is -0.250. The van der Waals surface area contributed by atoms with Crippen molar-refractivity contribution >= 4 is 17.3 Å². The fraction of sp³-hybridized carbons (Fsp3) is 0.533. The Labute approximate surface area is 116 Å².